The van der Waals surface area contributed by atoms with Gasteiger partial charge in [-0.1, -0.05) is 12.1 Å². The van der Waals surface area contributed by atoms with Gasteiger partial charge in [0.15, 0.2) is 5.11 Å². The lowest BCUT2D eigenvalue weighted by molar-refractivity contribution is -0.139. The molecule has 3 N–H and O–H groups in total. The number of carbonyl (C=O) groups excluding carboxylic acids is 3. The summed E-state index contributed by atoms with van der Waals surface area (Å²) in [6.07, 6.45) is 0.114. The predicted octanol–water partition coefficient (Wildman–Crippen LogP) is 0.292. The molecule has 0 spiro atoms. The van der Waals surface area contributed by atoms with Crippen molar-refractivity contribution in [3.05, 3.63) is 35.6 Å². The van der Waals surface area contributed by atoms with Gasteiger partial charge in [-0.15, -0.1) is 0 Å². The van der Waals surface area contributed by atoms with Gasteiger partial charge in [0.25, 0.3) is 0 Å². The van der Waals surface area contributed by atoms with E-state index in [1.54, 1.807) is 21.9 Å². The molecular weight excluding hydrogens is 385 g/mol. The Balaban J connectivity index is 1.60. The second kappa shape index (κ2) is 10.5. The molecule has 0 radical (unpaired) electrons. The lowest BCUT2D eigenvalue weighted by atomic mass is 10.2. The molecule has 0 saturated carbocycles. The maximum atomic E-state index is 12.8. The number of rotatable bonds is 5. The Bertz CT molecular complexity index is 720. The molecule has 3 amide bonds. The molecule has 0 atom stereocenters. The molecule has 1 aliphatic rings. The molecule has 1 aliphatic heterocycles. The number of hydrogen-bond acceptors (Lipinski definition) is 4. The van der Waals surface area contributed by atoms with Crippen LogP contribution < -0.4 is 16.2 Å². The number of benzene rings is 1. The van der Waals surface area contributed by atoms with Crippen LogP contribution in [0.1, 0.15) is 25.3 Å². The standard InChI is InChI=1S/C18H24FN5O3S/c1-13(25)23-8-10-24(11-9-23)17(27)7-6-16(26)21-22-18(28)20-12-14-2-4-15(19)5-3-14/h2-5H,6-12H2,1H3,(H,21,26)(H2,20,22,28). The van der Waals surface area contributed by atoms with Crippen molar-refractivity contribution < 1.29 is 18.8 Å². The Kier molecular flexibility index (Phi) is 8.12. The van der Waals surface area contributed by atoms with E-state index in [4.69, 9.17) is 12.2 Å². The molecule has 1 fully saturated rings. The van der Waals surface area contributed by atoms with Crippen LogP contribution in [-0.4, -0.2) is 58.8 Å². The first-order valence-corrected chi connectivity index (χ1v) is 9.36. The van der Waals surface area contributed by atoms with Gasteiger partial charge in [0.2, 0.25) is 17.7 Å². The number of thiocarbonyl (C=S) groups is 1. The molecule has 8 nitrogen and oxygen atoms in total. The number of hydrogen-bond donors (Lipinski definition) is 3. The van der Waals surface area contributed by atoms with Crippen molar-refractivity contribution >= 4 is 35.1 Å². The normalized spacial score (nSPS) is 13.6. The van der Waals surface area contributed by atoms with Crippen LogP contribution in [0.25, 0.3) is 0 Å². The third-order valence-corrected chi connectivity index (χ3v) is 4.57. The average Bonchev–Trinajstić information content (AvgIpc) is 2.70. The molecular formula is C18H24FN5O3S. The second-order valence-corrected chi connectivity index (χ2v) is 6.78. The van der Waals surface area contributed by atoms with E-state index in [0.717, 1.165) is 5.56 Å². The fraction of sp³-hybridized carbons (Fsp3) is 0.444. The number of hydrazine groups is 1. The van der Waals surface area contributed by atoms with Crippen molar-refractivity contribution in [1.82, 2.24) is 26.0 Å². The van der Waals surface area contributed by atoms with Crippen LogP contribution in [-0.2, 0) is 20.9 Å². The summed E-state index contributed by atoms with van der Waals surface area (Å²) in [6, 6.07) is 5.97. The van der Waals surface area contributed by atoms with Gasteiger partial charge < -0.3 is 15.1 Å². The van der Waals surface area contributed by atoms with Gasteiger partial charge in [0.05, 0.1) is 0 Å². The van der Waals surface area contributed by atoms with Gasteiger partial charge in [-0.3, -0.25) is 25.2 Å². The van der Waals surface area contributed by atoms with Crippen LogP contribution in [0.5, 0.6) is 0 Å². The number of halogens is 1. The SMILES string of the molecule is CC(=O)N1CCN(C(=O)CCC(=O)NNC(=S)NCc2ccc(F)cc2)CC1. The van der Waals surface area contributed by atoms with Gasteiger partial charge in [-0.2, -0.15) is 0 Å². The van der Waals surface area contributed by atoms with Crippen molar-refractivity contribution in [2.45, 2.75) is 26.3 Å². The highest BCUT2D eigenvalue weighted by atomic mass is 32.1. The minimum absolute atomic E-state index is 0.00144. The molecule has 0 bridgehead atoms. The van der Waals surface area contributed by atoms with Crippen molar-refractivity contribution in [3.8, 4) is 0 Å². The van der Waals surface area contributed by atoms with Crippen LogP contribution in [0.15, 0.2) is 24.3 Å². The van der Waals surface area contributed by atoms with Crippen LogP contribution in [0.4, 0.5) is 4.39 Å². The minimum atomic E-state index is -0.360. The molecule has 0 unspecified atom stereocenters. The second-order valence-electron chi connectivity index (χ2n) is 6.37. The van der Waals surface area contributed by atoms with Gasteiger partial charge >= 0.3 is 0 Å². The van der Waals surface area contributed by atoms with Crippen molar-refractivity contribution in [1.29, 1.82) is 0 Å². The molecule has 10 heteroatoms. The summed E-state index contributed by atoms with van der Waals surface area (Å²) >= 11 is 5.05. The van der Waals surface area contributed by atoms with Gasteiger partial charge in [-0.05, 0) is 29.9 Å². The van der Waals surface area contributed by atoms with Crippen LogP contribution in [0.2, 0.25) is 0 Å². The molecule has 1 aromatic carbocycles. The molecule has 1 saturated heterocycles. The predicted molar refractivity (Wildman–Crippen MR) is 105 cm³/mol. The number of amides is 3. The Morgan fingerprint density at radius 2 is 1.61 bits per heavy atom. The Morgan fingerprint density at radius 3 is 2.21 bits per heavy atom. The van der Waals surface area contributed by atoms with E-state index in [1.807, 2.05) is 0 Å². The Morgan fingerprint density at radius 1 is 1.00 bits per heavy atom. The monoisotopic (exact) mass is 409 g/mol. The summed E-state index contributed by atoms with van der Waals surface area (Å²) in [5.41, 5.74) is 5.84. The lowest BCUT2D eigenvalue weighted by Crippen LogP contribution is -2.50. The van der Waals surface area contributed by atoms with E-state index >= 15 is 0 Å². The number of piperazine rings is 1. The molecule has 0 aromatic heterocycles. The van der Waals surface area contributed by atoms with Crippen LogP contribution in [0, 0.1) is 5.82 Å². The summed E-state index contributed by atoms with van der Waals surface area (Å²) in [5.74, 6) is -0.787. The van der Waals surface area contributed by atoms with Crippen molar-refractivity contribution in [3.63, 3.8) is 0 Å². The molecule has 2 rings (SSSR count). The van der Waals surface area contributed by atoms with E-state index < -0.39 is 0 Å². The van der Waals surface area contributed by atoms with Gasteiger partial charge in [-0.25, -0.2) is 4.39 Å². The molecule has 1 heterocycles. The Hall–Kier alpha value is -2.75. The minimum Gasteiger partial charge on any atom is -0.357 e. The van der Waals surface area contributed by atoms with E-state index in [2.05, 4.69) is 16.2 Å². The molecule has 152 valence electrons. The summed E-state index contributed by atoms with van der Waals surface area (Å²) in [6.45, 7) is 3.89. The number of nitrogens with one attached hydrogen (secondary N) is 3. The van der Waals surface area contributed by atoms with E-state index in [1.165, 1.54) is 19.1 Å². The maximum absolute atomic E-state index is 12.8. The number of carbonyl (C=O) groups is 3. The summed E-state index contributed by atoms with van der Waals surface area (Å²) in [7, 11) is 0. The fourth-order valence-corrected chi connectivity index (χ4v) is 2.79. The van der Waals surface area contributed by atoms with Gasteiger partial charge in [0, 0.05) is 52.5 Å². The summed E-state index contributed by atoms with van der Waals surface area (Å²) < 4.78 is 12.8. The first-order chi connectivity index (χ1) is 13.3. The number of nitrogens with zero attached hydrogens (tertiary/aromatic N) is 2. The smallest absolute Gasteiger partial charge is 0.238 e. The van der Waals surface area contributed by atoms with E-state index in [9.17, 15) is 18.8 Å². The van der Waals surface area contributed by atoms with Crippen LogP contribution >= 0.6 is 12.2 Å². The summed E-state index contributed by atoms with van der Waals surface area (Å²) in [5, 5.41) is 3.09. The first-order valence-electron chi connectivity index (χ1n) is 8.95. The first kappa shape index (κ1) is 21.5. The quantitative estimate of drug-likeness (QED) is 0.478. The zero-order valence-electron chi connectivity index (χ0n) is 15.7. The zero-order valence-corrected chi connectivity index (χ0v) is 16.5. The summed E-state index contributed by atoms with van der Waals surface area (Å²) in [4.78, 5) is 38.7. The van der Waals surface area contributed by atoms with Gasteiger partial charge in [0.1, 0.15) is 5.82 Å². The van der Waals surface area contributed by atoms with E-state index in [0.29, 0.717) is 32.7 Å². The maximum Gasteiger partial charge on any atom is 0.238 e. The lowest BCUT2D eigenvalue weighted by Gasteiger charge is -2.34. The van der Waals surface area contributed by atoms with E-state index in [-0.39, 0.29) is 41.5 Å². The van der Waals surface area contributed by atoms with Crippen molar-refractivity contribution in [2.24, 2.45) is 0 Å². The molecule has 0 aliphatic carbocycles. The Labute approximate surface area is 168 Å². The fourth-order valence-electron chi connectivity index (χ4n) is 2.67. The zero-order chi connectivity index (χ0) is 20.5. The highest BCUT2D eigenvalue weighted by Crippen LogP contribution is 2.05. The third-order valence-electron chi connectivity index (χ3n) is 4.33. The molecule has 28 heavy (non-hydrogen) atoms. The molecule has 1 aromatic rings. The average molecular weight is 409 g/mol. The largest absolute Gasteiger partial charge is 0.357 e. The highest BCUT2D eigenvalue weighted by Gasteiger charge is 2.22. The third kappa shape index (κ3) is 7.10. The topological polar surface area (TPSA) is 93.8 Å². The van der Waals surface area contributed by atoms with Crippen molar-refractivity contribution in [2.75, 3.05) is 26.2 Å². The highest BCUT2D eigenvalue weighted by molar-refractivity contribution is 7.80. The van der Waals surface area contributed by atoms with Crippen LogP contribution in [0.3, 0.4) is 0 Å².